The normalized spacial score (nSPS) is 12.1. The van der Waals surface area contributed by atoms with Crippen LogP contribution in [0.2, 0.25) is 0 Å². The molecular formula is C16H21N3OS. The zero-order valence-electron chi connectivity index (χ0n) is 12.6. The first-order valence-corrected chi connectivity index (χ1v) is 7.87. The standard InChI is InChI=1S/C16H21N3OS/c1-11(9-17-3)15(20)18-10-14-12(2)19-16(21-14)13-7-5-4-6-8-13/h4-8,11,17H,9-10H2,1-3H3,(H,18,20). The Labute approximate surface area is 129 Å². The summed E-state index contributed by atoms with van der Waals surface area (Å²) in [7, 11) is 1.85. The maximum absolute atomic E-state index is 11.9. The van der Waals surface area contributed by atoms with Crippen molar-refractivity contribution in [3.05, 3.63) is 40.9 Å². The molecule has 5 heteroatoms. The first kappa shape index (κ1) is 15.7. The number of aromatic nitrogens is 1. The first-order valence-electron chi connectivity index (χ1n) is 7.06. The van der Waals surface area contributed by atoms with Gasteiger partial charge in [-0.05, 0) is 14.0 Å². The molecule has 0 fully saturated rings. The van der Waals surface area contributed by atoms with Crippen LogP contribution in [-0.4, -0.2) is 24.5 Å². The van der Waals surface area contributed by atoms with E-state index in [1.165, 1.54) is 0 Å². The third kappa shape index (κ3) is 4.12. The lowest BCUT2D eigenvalue weighted by atomic mass is 10.1. The molecule has 0 aliphatic rings. The van der Waals surface area contributed by atoms with Crippen molar-refractivity contribution in [1.29, 1.82) is 0 Å². The first-order chi connectivity index (χ1) is 10.1. The predicted molar refractivity (Wildman–Crippen MR) is 87.2 cm³/mol. The van der Waals surface area contributed by atoms with E-state index < -0.39 is 0 Å². The summed E-state index contributed by atoms with van der Waals surface area (Å²) >= 11 is 1.64. The molecule has 1 aromatic carbocycles. The van der Waals surface area contributed by atoms with Gasteiger partial charge in [0, 0.05) is 22.9 Å². The molecule has 1 aromatic heterocycles. The van der Waals surface area contributed by atoms with E-state index in [4.69, 9.17) is 0 Å². The van der Waals surface area contributed by atoms with Crippen LogP contribution in [0.4, 0.5) is 0 Å². The molecule has 0 aliphatic heterocycles. The highest BCUT2D eigenvalue weighted by atomic mass is 32.1. The van der Waals surface area contributed by atoms with Gasteiger partial charge in [0.25, 0.3) is 0 Å². The minimum Gasteiger partial charge on any atom is -0.351 e. The van der Waals surface area contributed by atoms with Gasteiger partial charge < -0.3 is 10.6 Å². The van der Waals surface area contributed by atoms with Gasteiger partial charge in [-0.2, -0.15) is 0 Å². The van der Waals surface area contributed by atoms with Crippen molar-refractivity contribution in [2.45, 2.75) is 20.4 Å². The molecule has 1 heterocycles. The maximum atomic E-state index is 11.9. The molecule has 0 spiro atoms. The molecule has 2 N–H and O–H groups in total. The fourth-order valence-electron chi connectivity index (χ4n) is 2.04. The summed E-state index contributed by atoms with van der Waals surface area (Å²) in [6.07, 6.45) is 0. The Balaban J connectivity index is 2.02. The van der Waals surface area contributed by atoms with Gasteiger partial charge in [0.15, 0.2) is 0 Å². The number of nitrogens with zero attached hydrogens (tertiary/aromatic N) is 1. The molecule has 4 nitrogen and oxygen atoms in total. The lowest BCUT2D eigenvalue weighted by Gasteiger charge is -2.10. The summed E-state index contributed by atoms with van der Waals surface area (Å²) in [5.74, 6) is 0.0373. The van der Waals surface area contributed by atoms with E-state index >= 15 is 0 Å². The highest BCUT2D eigenvalue weighted by molar-refractivity contribution is 7.15. The lowest BCUT2D eigenvalue weighted by molar-refractivity contribution is -0.124. The zero-order chi connectivity index (χ0) is 15.2. The second-order valence-corrected chi connectivity index (χ2v) is 6.15. The van der Waals surface area contributed by atoms with Gasteiger partial charge >= 0.3 is 0 Å². The SMILES string of the molecule is CNCC(C)C(=O)NCc1sc(-c2ccccc2)nc1C. The Morgan fingerprint density at radius 3 is 2.71 bits per heavy atom. The quantitative estimate of drug-likeness (QED) is 0.862. The van der Waals surface area contributed by atoms with Crippen molar-refractivity contribution in [3.63, 3.8) is 0 Å². The number of benzene rings is 1. The van der Waals surface area contributed by atoms with Crippen LogP contribution < -0.4 is 10.6 Å². The number of carbonyl (C=O) groups is 1. The number of aryl methyl sites for hydroxylation is 1. The van der Waals surface area contributed by atoms with E-state index in [0.717, 1.165) is 21.1 Å². The fourth-order valence-corrected chi connectivity index (χ4v) is 3.04. The Hall–Kier alpha value is -1.72. The van der Waals surface area contributed by atoms with Gasteiger partial charge in [0.2, 0.25) is 5.91 Å². The van der Waals surface area contributed by atoms with Crippen molar-refractivity contribution >= 4 is 17.2 Å². The third-order valence-electron chi connectivity index (χ3n) is 3.29. The van der Waals surface area contributed by atoms with Crippen LogP contribution in [0.3, 0.4) is 0 Å². The molecule has 0 saturated carbocycles. The molecule has 0 aliphatic carbocycles. The summed E-state index contributed by atoms with van der Waals surface area (Å²) in [5.41, 5.74) is 2.10. The maximum Gasteiger partial charge on any atom is 0.224 e. The second-order valence-electron chi connectivity index (χ2n) is 5.07. The van der Waals surface area contributed by atoms with Crippen LogP contribution in [0, 0.1) is 12.8 Å². The van der Waals surface area contributed by atoms with Crippen molar-refractivity contribution in [2.75, 3.05) is 13.6 Å². The third-order valence-corrected chi connectivity index (χ3v) is 4.50. The van der Waals surface area contributed by atoms with Gasteiger partial charge in [-0.1, -0.05) is 37.3 Å². The fraction of sp³-hybridized carbons (Fsp3) is 0.375. The Morgan fingerprint density at radius 1 is 1.33 bits per heavy atom. The molecule has 2 aromatic rings. The molecule has 0 radical (unpaired) electrons. The zero-order valence-corrected chi connectivity index (χ0v) is 13.5. The Bertz CT molecular complexity index is 595. The predicted octanol–water partition coefficient (Wildman–Crippen LogP) is 2.59. The Kier molecular flexibility index (Phi) is 5.47. The van der Waals surface area contributed by atoms with E-state index in [1.54, 1.807) is 11.3 Å². The Morgan fingerprint density at radius 2 is 2.05 bits per heavy atom. The largest absolute Gasteiger partial charge is 0.351 e. The van der Waals surface area contributed by atoms with E-state index in [0.29, 0.717) is 13.1 Å². The van der Waals surface area contributed by atoms with Crippen molar-refractivity contribution in [1.82, 2.24) is 15.6 Å². The van der Waals surface area contributed by atoms with Gasteiger partial charge in [0.1, 0.15) is 5.01 Å². The summed E-state index contributed by atoms with van der Waals surface area (Å²) in [6.45, 7) is 5.13. The summed E-state index contributed by atoms with van der Waals surface area (Å²) < 4.78 is 0. The van der Waals surface area contributed by atoms with Gasteiger partial charge in [-0.15, -0.1) is 11.3 Å². The number of carbonyl (C=O) groups excluding carboxylic acids is 1. The molecule has 1 atom stereocenters. The van der Waals surface area contributed by atoms with E-state index in [9.17, 15) is 4.79 Å². The smallest absolute Gasteiger partial charge is 0.224 e. The molecule has 0 saturated heterocycles. The number of thiazole rings is 1. The van der Waals surface area contributed by atoms with Crippen molar-refractivity contribution in [2.24, 2.45) is 5.92 Å². The summed E-state index contributed by atoms with van der Waals surface area (Å²) in [4.78, 5) is 17.6. The van der Waals surface area contributed by atoms with Crippen LogP contribution in [0.25, 0.3) is 10.6 Å². The minimum absolute atomic E-state index is 0.0307. The summed E-state index contributed by atoms with van der Waals surface area (Å²) in [5, 5.41) is 6.99. The van der Waals surface area contributed by atoms with Crippen LogP contribution in [0.1, 0.15) is 17.5 Å². The molecule has 21 heavy (non-hydrogen) atoms. The van der Waals surface area contributed by atoms with E-state index in [1.807, 2.05) is 39.1 Å². The van der Waals surface area contributed by atoms with Crippen LogP contribution in [-0.2, 0) is 11.3 Å². The number of hydrogen-bond acceptors (Lipinski definition) is 4. The minimum atomic E-state index is -0.0307. The monoisotopic (exact) mass is 303 g/mol. The van der Waals surface area contributed by atoms with Gasteiger partial charge in [-0.3, -0.25) is 4.79 Å². The molecule has 1 unspecified atom stereocenters. The van der Waals surface area contributed by atoms with Crippen LogP contribution in [0.5, 0.6) is 0 Å². The number of rotatable bonds is 6. The number of hydrogen-bond donors (Lipinski definition) is 2. The highest BCUT2D eigenvalue weighted by Gasteiger charge is 2.14. The molecule has 1 amide bonds. The highest BCUT2D eigenvalue weighted by Crippen LogP contribution is 2.27. The molecule has 112 valence electrons. The molecule has 2 rings (SSSR count). The topological polar surface area (TPSA) is 54.0 Å². The van der Waals surface area contributed by atoms with Crippen LogP contribution in [0.15, 0.2) is 30.3 Å². The average molecular weight is 303 g/mol. The lowest BCUT2D eigenvalue weighted by Crippen LogP contribution is -2.33. The molecule has 0 bridgehead atoms. The van der Waals surface area contributed by atoms with Crippen LogP contribution >= 0.6 is 11.3 Å². The van der Waals surface area contributed by atoms with E-state index in [2.05, 4.69) is 27.8 Å². The van der Waals surface area contributed by atoms with Crippen molar-refractivity contribution < 1.29 is 4.79 Å². The average Bonchev–Trinajstić information content (AvgIpc) is 2.87. The van der Waals surface area contributed by atoms with Crippen molar-refractivity contribution in [3.8, 4) is 10.6 Å². The number of nitrogens with one attached hydrogen (secondary N) is 2. The molecular weight excluding hydrogens is 282 g/mol. The number of amides is 1. The van der Waals surface area contributed by atoms with Gasteiger partial charge in [-0.25, -0.2) is 4.98 Å². The van der Waals surface area contributed by atoms with Gasteiger partial charge in [0.05, 0.1) is 12.2 Å². The second kappa shape index (κ2) is 7.33. The van der Waals surface area contributed by atoms with E-state index in [-0.39, 0.29) is 11.8 Å². The summed E-state index contributed by atoms with van der Waals surface area (Å²) in [6, 6.07) is 10.1.